The first-order valence-corrected chi connectivity index (χ1v) is 8.55. The molecule has 0 aromatic heterocycles. The molecule has 2 amide bonds. The minimum absolute atomic E-state index is 0.0724. The van der Waals surface area contributed by atoms with Crippen molar-refractivity contribution in [3.63, 3.8) is 0 Å². The molecule has 1 aliphatic rings. The molecule has 5 heteroatoms. The first-order valence-electron chi connectivity index (χ1n) is 7.76. The fourth-order valence-electron chi connectivity index (χ4n) is 2.19. The second-order valence-electron chi connectivity index (χ2n) is 5.68. The van der Waals surface area contributed by atoms with Gasteiger partial charge in [-0.1, -0.05) is 34.1 Å². The molecule has 122 valence electrons. The van der Waals surface area contributed by atoms with Crippen molar-refractivity contribution < 1.29 is 9.59 Å². The van der Waals surface area contributed by atoms with E-state index in [2.05, 4.69) is 26.6 Å². The van der Waals surface area contributed by atoms with Gasteiger partial charge in [0.15, 0.2) is 0 Å². The highest BCUT2D eigenvalue weighted by atomic mass is 79.9. The molecule has 0 spiro atoms. The predicted molar refractivity (Wildman–Crippen MR) is 99.6 cm³/mol. The first-order chi connectivity index (χ1) is 11.6. The molecule has 0 radical (unpaired) electrons. The lowest BCUT2D eigenvalue weighted by Gasteiger charge is -2.06. The number of rotatable bonds is 5. The van der Waals surface area contributed by atoms with Crippen molar-refractivity contribution in [1.82, 2.24) is 0 Å². The van der Waals surface area contributed by atoms with Gasteiger partial charge in [-0.25, -0.2) is 0 Å². The maximum atomic E-state index is 12.0. The Balaban J connectivity index is 1.56. The van der Waals surface area contributed by atoms with Gasteiger partial charge in [0.2, 0.25) is 11.8 Å². The van der Waals surface area contributed by atoms with Gasteiger partial charge < -0.3 is 10.6 Å². The highest BCUT2D eigenvalue weighted by molar-refractivity contribution is 9.10. The first kappa shape index (κ1) is 16.5. The number of benzene rings is 2. The van der Waals surface area contributed by atoms with Crippen molar-refractivity contribution in [3.05, 3.63) is 64.6 Å². The second-order valence-corrected chi connectivity index (χ2v) is 6.54. The number of hydrogen-bond acceptors (Lipinski definition) is 2. The van der Waals surface area contributed by atoms with E-state index in [1.807, 2.05) is 24.3 Å². The quantitative estimate of drug-likeness (QED) is 0.748. The van der Waals surface area contributed by atoms with E-state index >= 15 is 0 Å². The van der Waals surface area contributed by atoms with Gasteiger partial charge >= 0.3 is 0 Å². The third-order valence-electron chi connectivity index (χ3n) is 3.69. The van der Waals surface area contributed by atoms with E-state index in [0.717, 1.165) is 28.6 Å². The van der Waals surface area contributed by atoms with E-state index in [4.69, 9.17) is 0 Å². The number of amides is 2. The van der Waals surface area contributed by atoms with Crippen LogP contribution in [0.1, 0.15) is 18.4 Å². The SMILES string of the molecule is O=C(/C=C/c1ccccc1Br)Nc1ccc(NC(=O)C2CC2)cc1. The van der Waals surface area contributed by atoms with E-state index < -0.39 is 0 Å². The molecule has 2 N–H and O–H groups in total. The molecule has 0 aliphatic heterocycles. The third kappa shape index (κ3) is 4.55. The zero-order chi connectivity index (χ0) is 16.9. The maximum absolute atomic E-state index is 12.0. The van der Waals surface area contributed by atoms with Crippen LogP contribution in [0.25, 0.3) is 6.08 Å². The van der Waals surface area contributed by atoms with Crippen LogP contribution in [0.2, 0.25) is 0 Å². The maximum Gasteiger partial charge on any atom is 0.248 e. The van der Waals surface area contributed by atoms with Crippen molar-refractivity contribution in [2.45, 2.75) is 12.8 Å². The molecule has 1 fully saturated rings. The smallest absolute Gasteiger partial charge is 0.248 e. The van der Waals surface area contributed by atoms with Crippen molar-refractivity contribution in [1.29, 1.82) is 0 Å². The molecular formula is C19H17BrN2O2. The topological polar surface area (TPSA) is 58.2 Å². The Morgan fingerprint density at radius 2 is 1.58 bits per heavy atom. The minimum Gasteiger partial charge on any atom is -0.326 e. The zero-order valence-electron chi connectivity index (χ0n) is 13.0. The van der Waals surface area contributed by atoms with Crippen LogP contribution in [-0.2, 0) is 9.59 Å². The van der Waals surface area contributed by atoms with Gasteiger partial charge in [0, 0.05) is 27.8 Å². The molecule has 0 unspecified atom stereocenters. The second kappa shape index (κ2) is 7.45. The Kier molecular flexibility index (Phi) is 5.11. The molecular weight excluding hydrogens is 368 g/mol. The van der Waals surface area contributed by atoms with E-state index in [1.54, 1.807) is 30.3 Å². The summed E-state index contributed by atoms with van der Waals surface area (Å²) < 4.78 is 0.935. The molecule has 2 aromatic rings. The van der Waals surface area contributed by atoms with Crippen LogP contribution in [0.5, 0.6) is 0 Å². The summed E-state index contributed by atoms with van der Waals surface area (Å²) in [6.07, 6.45) is 5.19. The molecule has 0 saturated heterocycles. The lowest BCUT2D eigenvalue weighted by atomic mass is 10.2. The summed E-state index contributed by atoms with van der Waals surface area (Å²) in [6, 6.07) is 14.8. The summed E-state index contributed by atoms with van der Waals surface area (Å²) in [5.41, 5.74) is 2.36. The monoisotopic (exact) mass is 384 g/mol. The van der Waals surface area contributed by atoms with Crippen LogP contribution in [0, 0.1) is 5.92 Å². The molecule has 0 heterocycles. The molecule has 24 heavy (non-hydrogen) atoms. The fourth-order valence-corrected chi connectivity index (χ4v) is 2.60. The number of hydrogen-bond donors (Lipinski definition) is 2. The van der Waals surface area contributed by atoms with E-state index in [1.165, 1.54) is 6.08 Å². The van der Waals surface area contributed by atoms with Crippen LogP contribution in [0.3, 0.4) is 0 Å². The third-order valence-corrected chi connectivity index (χ3v) is 4.41. The Labute approximate surface area is 149 Å². The van der Waals surface area contributed by atoms with Crippen molar-refractivity contribution in [2.24, 2.45) is 5.92 Å². The van der Waals surface area contributed by atoms with Crippen LogP contribution in [0.4, 0.5) is 11.4 Å². The van der Waals surface area contributed by atoms with Gasteiger partial charge in [-0.05, 0) is 54.8 Å². The van der Waals surface area contributed by atoms with Gasteiger partial charge in [-0.2, -0.15) is 0 Å². The van der Waals surface area contributed by atoms with Crippen LogP contribution in [-0.4, -0.2) is 11.8 Å². The largest absolute Gasteiger partial charge is 0.326 e. The van der Waals surface area contributed by atoms with Crippen LogP contribution in [0.15, 0.2) is 59.1 Å². The molecule has 3 rings (SSSR count). The number of carbonyl (C=O) groups excluding carboxylic acids is 2. The normalized spacial score (nSPS) is 13.7. The lowest BCUT2D eigenvalue weighted by Crippen LogP contribution is -2.13. The average molecular weight is 385 g/mol. The molecule has 1 saturated carbocycles. The highest BCUT2D eigenvalue weighted by Gasteiger charge is 2.29. The Morgan fingerprint density at radius 1 is 0.958 bits per heavy atom. The van der Waals surface area contributed by atoms with Crippen LogP contribution >= 0.6 is 15.9 Å². The standard InChI is InChI=1S/C19H17BrN2O2/c20-17-4-2-1-3-13(17)7-12-18(23)21-15-8-10-16(11-9-15)22-19(24)14-5-6-14/h1-4,7-12,14H,5-6H2,(H,21,23)(H,22,24)/b12-7+. The molecule has 0 atom stereocenters. The molecule has 0 bridgehead atoms. The predicted octanol–water partition coefficient (Wildman–Crippen LogP) is 4.45. The van der Waals surface area contributed by atoms with Gasteiger partial charge in [0.25, 0.3) is 0 Å². The minimum atomic E-state index is -0.208. The molecule has 2 aromatic carbocycles. The molecule has 4 nitrogen and oxygen atoms in total. The Morgan fingerprint density at radius 3 is 2.21 bits per heavy atom. The van der Waals surface area contributed by atoms with Crippen LogP contribution < -0.4 is 10.6 Å². The number of halogens is 1. The fraction of sp³-hybridized carbons (Fsp3) is 0.158. The van der Waals surface area contributed by atoms with E-state index in [0.29, 0.717) is 5.69 Å². The van der Waals surface area contributed by atoms with Gasteiger partial charge in [0.05, 0.1) is 0 Å². The summed E-state index contributed by atoms with van der Waals surface area (Å²) >= 11 is 3.44. The lowest BCUT2D eigenvalue weighted by molar-refractivity contribution is -0.117. The Bertz CT molecular complexity index is 780. The summed E-state index contributed by atoms with van der Waals surface area (Å²) in [5, 5.41) is 5.66. The van der Waals surface area contributed by atoms with Gasteiger partial charge in [0.1, 0.15) is 0 Å². The van der Waals surface area contributed by atoms with Gasteiger partial charge in [-0.15, -0.1) is 0 Å². The summed E-state index contributed by atoms with van der Waals surface area (Å²) in [7, 11) is 0. The number of anilines is 2. The Hall–Kier alpha value is -2.40. The number of nitrogens with one attached hydrogen (secondary N) is 2. The van der Waals surface area contributed by atoms with Crippen molar-refractivity contribution in [2.75, 3.05) is 10.6 Å². The van der Waals surface area contributed by atoms with Gasteiger partial charge in [-0.3, -0.25) is 9.59 Å². The summed E-state index contributed by atoms with van der Waals surface area (Å²) in [5.74, 6) is 0.0375. The van der Waals surface area contributed by atoms with Crippen molar-refractivity contribution >= 4 is 45.2 Å². The summed E-state index contributed by atoms with van der Waals surface area (Å²) in [4.78, 5) is 23.7. The summed E-state index contributed by atoms with van der Waals surface area (Å²) in [6.45, 7) is 0. The highest BCUT2D eigenvalue weighted by Crippen LogP contribution is 2.30. The van der Waals surface area contributed by atoms with E-state index in [9.17, 15) is 9.59 Å². The van der Waals surface area contributed by atoms with E-state index in [-0.39, 0.29) is 17.7 Å². The molecule has 1 aliphatic carbocycles. The van der Waals surface area contributed by atoms with Crippen molar-refractivity contribution in [3.8, 4) is 0 Å². The average Bonchev–Trinajstić information content (AvgIpc) is 3.41. The number of carbonyl (C=O) groups is 2. The zero-order valence-corrected chi connectivity index (χ0v) is 14.5.